The van der Waals surface area contributed by atoms with Crippen LogP contribution in [-0.2, 0) is 0 Å². The molecule has 10 heavy (non-hydrogen) atoms. The molecule has 0 fully saturated rings. The number of hydrogen-bond donors (Lipinski definition) is 0. The van der Waals surface area contributed by atoms with E-state index in [0.29, 0.717) is 5.88 Å². The molecule has 53 valence electrons. The van der Waals surface area contributed by atoms with E-state index in [4.69, 9.17) is 4.74 Å². The smallest absolute Gasteiger partial charge is 0.214 e. The molecule has 0 saturated heterocycles. The number of ether oxygens (including phenoxy) is 1. The van der Waals surface area contributed by atoms with Crippen LogP contribution in [0.15, 0.2) is 18.3 Å². The fraction of sp³-hybridized carbons (Fsp3) is 0.375. The van der Waals surface area contributed by atoms with Gasteiger partial charge in [0.1, 0.15) is 0 Å². The highest BCUT2D eigenvalue weighted by Crippen LogP contribution is 2.04. The quantitative estimate of drug-likeness (QED) is 0.617. The van der Waals surface area contributed by atoms with Gasteiger partial charge >= 0.3 is 0 Å². The van der Waals surface area contributed by atoms with Crippen molar-refractivity contribution in [2.24, 2.45) is 0 Å². The van der Waals surface area contributed by atoms with Gasteiger partial charge in [0, 0.05) is 12.3 Å². The summed E-state index contributed by atoms with van der Waals surface area (Å²) in [5, 5.41) is 0. The van der Waals surface area contributed by atoms with Crippen LogP contribution in [0.1, 0.15) is 13.8 Å². The lowest BCUT2D eigenvalue weighted by molar-refractivity contribution is 0.232. The number of aromatic nitrogens is 1. The second-order valence-electron chi connectivity index (χ2n) is 2.26. The SMILES string of the molecule is CC(C)Oc1c[c]ccn1. The molecule has 1 heterocycles. The molecule has 1 radical (unpaired) electrons. The van der Waals surface area contributed by atoms with E-state index in [1.807, 2.05) is 13.8 Å². The average Bonchev–Trinajstić information content (AvgIpc) is 1.88. The Morgan fingerprint density at radius 2 is 2.40 bits per heavy atom. The zero-order chi connectivity index (χ0) is 7.40. The number of rotatable bonds is 2. The molecule has 0 aliphatic heterocycles. The molecule has 2 heteroatoms. The highest BCUT2D eigenvalue weighted by Gasteiger charge is 1.94. The maximum Gasteiger partial charge on any atom is 0.214 e. The van der Waals surface area contributed by atoms with Gasteiger partial charge in [-0.05, 0) is 26.0 Å². The van der Waals surface area contributed by atoms with E-state index in [0.717, 1.165) is 0 Å². The highest BCUT2D eigenvalue weighted by molar-refractivity contribution is 5.07. The van der Waals surface area contributed by atoms with Crippen LogP contribution in [0.3, 0.4) is 0 Å². The van der Waals surface area contributed by atoms with E-state index in [1.54, 1.807) is 18.3 Å². The monoisotopic (exact) mass is 136 g/mol. The summed E-state index contributed by atoms with van der Waals surface area (Å²) in [4.78, 5) is 3.97. The Morgan fingerprint density at radius 3 is 2.90 bits per heavy atom. The van der Waals surface area contributed by atoms with Gasteiger partial charge in [-0.1, -0.05) is 0 Å². The van der Waals surface area contributed by atoms with Crippen LogP contribution in [0.2, 0.25) is 0 Å². The zero-order valence-electron chi connectivity index (χ0n) is 6.16. The third kappa shape index (κ3) is 2.05. The Kier molecular flexibility index (Phi) is 2.26. The van der Waals surface area contributed by atoms with Crippen molar-refractivity contribution < 1.29 is 4.74 Å². The number of nitrogens with zero attached hydrogens (tertiary/aromatic N) is 1. The maximum absolute atomic E-state index is 5.27. The normalized spacial score (nSPS) is 9.90. The zero-order valence-corrected chi connectivity index (χ0v) is 6.16. The second kappa shape index (κ2) is 3.20. The molecular formula is C8H10NO. The summed E-state index contributed by atoms with van der Waals surface area (Å²) in [7, 11) is 0. The van der Waals surface area contributed by atoms with Gasteiger partial charge < -0.3 is 4.74 Å². The summed E-state index contributed by atoms with van der Waals surface area (Å²) in [5.41, 5.74) is 0. The van der Waals surface area contributed by atoms with Crippen molar-refractivity contribution in [1.82, 2.24) is 4.98 Å². The van der Waals surface area contributed by atoms with Crippen molar-refractivity contribution in [3.05, 3.63) is 24.4 Å². The highest BCUT2D eigenvalue weighted by atomic mass is 16.5. The maximum atomic E-state index is 5.27. The van der Waals surface area contributed by atoms with Crippen LogP contribution < -0.4 is 4.74 Å². The van der Waals surface area contributed by atoms with Gasteiger partial charge in [-0.15, -0.1) is 0 Å². The Balaban J connectivity index is 2.59. The molecule has 0 N–H and O–H groups in total. The van der Waals surface area contributed by atoms with E-state index >= 15 is 0 Å². The predicted octanol–water partition coefficient (Wildman–Crippen LogP) is 1.67. The van der Waals surface area contributed by atoms with E-state index in [2.05, 4.69) is 11.1 Å². The molecule has 1 aromatic heterocycles. The lowest BCUT2D eigenvalue weighted by Crippen LogP contribution is -2.06. The number of pyridine rings is 1. The molecule has 0 aliphatic rings. The first-order chi connectivity index (χ1) is 4.79. The predicted molar refractivity (Wildman–Crippen MR) is 38.8 cm³/mol. The van der Waals surface area contributed by atoms with Gasteiger partial charge in [0.2, 0.25) is 5.88 Å². The fourth-order valence-corrected chi connectivity index (χ4v) is 0.616. The minimum absolute atomic E-state index is 0.184. The van der Waals surface area contributed by atoms with Crippen LogP contribution >= 0.6 is 0 Å². The molecule has 2 nitrogen and oxygen atoms in total. The molecule has 0 unspecified atom stereocenters. The third-order valence-corrected chi connectivity index (χ3v) is 0.936. The summed E-state index contributed by atoms with van der Waals surface area (Å²) < 4.78 is 5.27. The van der Waals surface area contributed by atoms with Gasteiger partial charge in [-0.2, -0.15) is 0 Å². The first kappa shape index (κ1) is 7.06. The molecule has 0 spiro atoms. The van der Waals surface area contributed by atoms with Crippen LogP contribution in [0.4, 0.5) is 0 Å². The Hall–Kier alpha value is -1.05. The van der Waals surface area contributed by atoms with Crippen molar-refractivity contribution in [3.8, 4) is 5.88 Å². The molecule has 1 aromatic rings. The van der Waals surface area contributed by atoms with E-state index in [1.165, 1.54) is 0 Å². The minimum Gasteiger partial charge on any atom is -0.475 e. The molecule has 0 aromatic carbocycles. The van der Waals surface area contributed by atoms with Crippen LogP contribution in [0.5, 0.6) is 5.88 Å². The number of hydrogen-bond acceptors (Lipinski definition) is 2. The lowest BCUT2D eigenvalue weighted by Gasteiger charge is -2.06. The minimum atomic E-state index is 0.184. The van der Waals surface area contributed by atoms with Crippen molar-refractivity contribution in [2.75, 3.05) is 0 Å². The van der Waals surface area contributed by atoms with Gasteiger partial charge in [0.15, 0.2) is 0 Å². The van der Waals surface area contributed by atoms with E-state index in [9.17, 15) is 0 Å². The second-order valence-corrected chi connectivity index (χ2v) is 2.26. The van der Waals surface area contributed by atoms with Crippen LogP contribution in [0.25, 0.3) is 0 Å². The summed E-state index contributed by atoms with van der Waals surface area (Å²) in [6.45, 7) is 3.93. The first-order valence-corrected chi connectivity index (χ1v) is 3.28. The van der Waals surface area contributed by atoms with Gasteiger partial charge in [-0.25, -0.2) is 4.98 Å². The molecular weight excluding hydrogens is 126 g/mol. The van der Waals surface area contributed by atoms with Crippen molar-refractivity contribution in [2.45, 2.75) is 20.0 Å². The van der Waals surface area contributed by atoms with Gasteiger partial charge in [0.25, 0.3) is 0 Å². The third-order valence-electron chi connectivity index (χ3n) is 0.936. The lowest BCUT2D eigenvalue weighted by atomic mass is 10.4. The van der Waals surface area contributed by atoms with E-state index in [-0.39, 0.29) is 6.10 Å². The Morgan fingerprint density at radius 1 is 1.60 bits per heavy atom. The molecule has 0 saturated carbocycles. The average molecular weight is 136 g/mol. The summed E-state index contributed by atoms with van der Waals surface area (Å²) in [5.74, 6) is 0.637. The Bertz CT molecular complexity index is 184. The largest absolute Gasteiger partial charge is 0.475 e. The van der Waals surface area contributed by atoms with E-state index < -0.39 is 0 Å². The summed E-state index contributed by atoms with van der Waals surface area (Å²) in [6, 6.07) is 6.34. The topological polar surface area (TPSA) is 22.1 Å². The van der Waals surface area contributed by atoms with Gasteiger partial charge in [0.05, 0.1) is 6.10 Å². The fourth-order valence-electron chi connectivity index (χ4n) is 0.616. The Labute approximate surface area is 60.9 Å². The van der Waals surface area contributed by atoms with Crippen molar-refractivity contribution in [1.29, 1.82) is 0 Å². The molecule has 0 aliphatic carbocycles. The first-order valence-electron chi connectivity index (χ1n) is 3.28. The molecule has 0 bridgehead atoms. The summed E-state index contributed by atoms with van der Waals surface area (Å²) in [6.07, 6.45) is 1.85. The van der Waals surface area contributed by atoms with Gasteiger partial charge in [-0.3, -0.25) is 0 Å². The van der Waals surface area contributed by atoms with Crippen LogP contribution in [0, 0.1) is 6.07 Å². The summed E-state index contributed by atoms with van der Waals surface area (Å²) >= 11 is 0. The van der Waals surface area contributed by atoms with Crippen LogP contribution in [-0.4, -0.2) is 11.1 Å². The molecule has 0 atom stereocenters. The standard InChI is InChI=1S/C8H10NO/c1-7(2)10-8-5-3-4-6-9-8/h4-7H,1-2H3. The molecule has 0 amide bonds. The molecule has 1 rings (SSSR count). The van der Waals surface area contributed by atoms with Crippen molar-refractivity contribution in [3.63, 3.8) is 0 Å². The van der Waals surface area contributed by atoms with Crippen molar-refractivity contribution >= 4 is 0 Å².